The number of hydrogen-bond acceptors (Lipinski definition) is 3. The molecule has 25 heavy (non-hydrogen) atoms. The molecular formula is C20H26N2O3. The van der Waals surface area contributed by atoms with Crippen LogP contribution in [0.25, 0.3) is 0 Å². The summed E-state index contributed by atoms with van der Waals surface area (Å²) in [6.45, 7) is 8.26. The Hall–Kier alpha value is -2.69. The molecule has 2 aromatic rings. The number of hydrogen-bond donors (Lipinski definition) is 2. The standard InChI is InChI=1S/C20H26N2O3/c1-13-7-6-8-14(2)19(13)25-12-16(4)21-20(23)22-18-10-9-17(24-5)11-15(18)3/h6-11,16H,12H2,1-5H3,(H2,21,22,23). The van der Waals surface area contributed by atoms with Gasteiger partial charge in [-0.2, -0.15) is 0 Å². The van der Waals surface area contributed by atoms with E-state index in [-0.39, 0.29) is 12.1 Å². The average molecular weight is 342 g/mol. The van der Waals surface area contributed by atoms with Crippen molar-refractivity contribution in [2.75, 3.05) is 19.0 Å². The molecule has 2 rings (SSSR count). The van der Waals surface area contributed by atoms with Gasteiger partial charge in [-0.1, -0.05) is 18.2 Å². The zero-order valence-electron chi connectivity index (χ0n) is 15.5. The second-order valence-corrected chi connectivity index (χ2v) is 6.21. The van der Waals surface area contributed by atoms with Crippen LogP contribution in [0.3, 0.4) is 0 Å². The molecule has 0 fully saturated rings. The van der Waals surface area contributed by atoms with Crippen molar-refractivity contribution in [3.8, 4) is 11.5 Å². The molecule has 1 unspecified atom stereocenters. The molecule has 1 atom stereocenters. The number of aryl methyl sites for hydroxylation is 3. The Balaban J connectivity index is 1.88. The molecule has 2 aromatic carbocycles. The lowest BCUT2D eigenvalue weighted by molar-refractivity contribution is 0.236. The van der Waals surface area contributed by atoms with Gasteiger partial charge in [-0.05, 0) is 62.6 Å². The second-order valence-electron chi connectivity index (χ2n) is 6.21. The summed E-state index contributed by atoms with van der Waals surface area (Å²) in [4.78, 5) is 12.2. The SMILES string of the molecule is COc1ccc(NC(=O)NC(C)COc2c(C)cccc2C)c(C)c1. The van der Waals surface area contributed by atoms with Crippen LogP contribution in [0, 0.1) is 20.8 Å². The molecule has 0 aromatic heterocycles. The molecule has 2 amide bonds. The number of ether oxygens (including phenoxy) is 2. The van der Waals surface area contributed by atoms with Crippen molar-refractivity contribution in [1.29, 1.82) is 0 Å². The summed E-state index contributed by atoms with van der Waals surface area (Å²) in [5, 5.41) is 5.74. The Morgan fingerprint density at radius 2 is 1.76 bits per heavy atom. The number of rotatable bonds is 6. The summed E-state index contributed by atoms with van der Waals surface area (Å²) in [6, 6.07) is 11.2. The molecule has 0 radical (unpaired) electrons. The molecule has 2 N–H and O–H groups in total. The lowest BCUT2D eigenvalue weighted by Gasteiger charge is -2.18. The van der Waals surface area contributed by atoms with Crippen LogP contribution >= 0.6 is 0 Å². The van der Waals surface area contributed by atoms with Gasteiger partial charge in [0.05, 0.1) is 13.2 Å². The Morgan fingerprint density at radius 1 is 1.08 bits per heavy atom. The average Bonchev–Trinajstić information content (AvgIpc) is 2.56. The van der Waals surface area contributed by atoms with Gasteiger partial charge in [-0.3, -0.25) is 0 Å². The summed E-state index contributed by atoms with van der Waals surface area (Å²) in [7, 11) is 1.62. The Morgan fingerprint density at radius 3 is 2.36 bits per heavy atom. The van der Waals surface area contributed by atoms with Gasteiger partial charge >= 0.3 is 6.03 Å². The van der Waals surface area contributed by atoms with E-state index in [4.69, 9.17) is 9.47 Å². The predicted octanol–water partition coefficient (Wildman–Crippen LogP) is 4.21. The molecule has 0 aliphatic heterocycles. The van der Waals surface area contributed by atoms with Crippen molar-refractivity contribution in [3.63, 3.8) is 0 Å². The Bertz CT molecular complexity index is 723. The molecule has 134 valence electrons. The molecule has 5 heteroatoms. The minimum atomic E-state index is -0.258. The molecule has 0 aliphatic carbocycles. The van der Waals surface area contributed by atoms with E-state index in [1.807, 2.05) is 64.1 Å². The number of para-hydroxylation sites is 1. The van der Waals surface area contributed by atoms with Crippen molar-refractivity contribution < 1.29 is 14.3 Å². The highest BCUT2D eigenvalue weighted by Gasteiger charge is 2.11. The highest BCUT2D eigenvalue weighted by Crippen LogP contribution is 2.23. The molecule has 0 aliphatic rings. The highest BCUT2D eigenvalue weighted by atomic mass is 16.5. The van der Waals surface area contributed by atoms with Gasteiger partial charge in [0.15, 0.2) is 0 Å². The Labute approximate surface area is 149 Å². The number of carbonyl (C=O) groups excluding carboxylic acids is 1. The summed E-state index contributed by atoms with van der Waals surface area (Å²) in [5.41, 5.74) is 3.87. The van der Waals surface area contributed by atoms with Crippen LogP contribution in [0.4, 0.5) is 10.5 Å². The minimum absolute atomic E-state index is 0.127. The predicted molar refractivity (Wildman–Crippen MR) is 101 cm³/mol. The van der Waals surface area contributed by atoms with Crippen LogP contribution in [-0.4, -0.2) is 25.8 Å². The lowest BCUT2D eigenvalue weighted by Crippen LogP contribution is -2.39. The van der Waals surface area contributed by atoms with Gasteiger partial charge in [0.25, 0.3) is 0 Å². The van der Waals surface area contributed by atoms with E-state index in [0.717, 1.165) is 33.9 Å². The van der Waals surface area contributed by atoms with E-state index < -0.39 is 0 Å². The monoisotopic (exact) mass is 342 g/mol. The molecule has 0 spiro atoms. The molecule has 0 bridgehead atoms. The fourth-order valence-corrected chi connectivity index (χ4v) is 2.56. The molecule has 0 saturated heterocycles. The smallest absolute Gasteiger partial charge is 0.319 e. The number of urea groups is 1. The fourth-order valence-electron chi connectivity index (χ4n) is 2.56. The quantitative estimate of drug-likeness (QED) is 0.827. The summed E-state index contributed by atoms with van der Waals surface area (Å²) < 4.78 is 11.0. The van der Waals surface area contributed by atoms with Crippen molar-refractivity contribution in [1.82, 2.24) is 5.32 Å². The zero-order chi connectivity index (χ0) is 18.4. The third-order valence-electron chi connectivity index (χ3n) is 3.95. The molecule has 5 nitrogen and oxygen atoms in total. The summed E-state index contributed by atoms with van der Waals surface area (Å²) in [5.74, 6) is 1.64. The van der Waals surface area contributed by atoms with Gasteiger partial charge in [0, 0.05) is 5.69 Å². The highest BCUT2D eigenvalue weighted by molar-refractivity contribution is 5.90. The van der Waals surface area contributed by atoms with Crippen molar-refractivity contribution in [2.45, 2.75) is 33.7 Å². The van der Waals surface area contributed by atoms with Crippen LogP contribution in [0.5, 0.6) is 11.5 Å². The van der Waals surface area contributed by atoms with E-state index in [1.165, 1.54) is 0 Å². The molecular weight excluding hydrogens is 316 g/mol. The second kappa shape index (κ2) is 8.42. The fraction of sp³-hybridized carbons (Fsp3) is 0.350. The van der Waals surface area contributed by atoms with E-state index in [9.17, 15) is 4.79 Å². The number of benzene rings is 2. The van der Waals surface area contributed by atoms with E-state index >= 15 is 0 Å². The van der Waals surface area contributed by atoms with E-state index in [1.54, 1.807) is 7.11 Å². The number of carbonyl (C=O) groups is 1. The third-order valence-corrected chi connectivity index (χ3v) is 3.95. The van der Waals surface area contributed by atoms with Gasteiger partial charge in [0.2, 0.25) is 0 Å². The van der Waals surface area contributed by atoms with Gasteiger partial charge in [-0.25, -0.2) is 4.79 Å². The van der Waals surface area contributed by atoms with Crippen LogP contribution < -0.4 is 20.1 Å². The maximum atomic E-state index is 12.2. The number of nitrogens with one attached hydrogen (secondary N) is 2. The van der Waals surface area contributed by atoms with E-state index in [0.29, 0.717) is 6.61 Å². The van der Waals surface area contributed by atoms with Gasteiger partial charge in [-0.15, -0.1) is 0 Å². The zero-order valence-corrected chi connectivity index (χ0v) is 15.5. The maximum Gasteiger partial charge on any atom is 0.319 e. The third kappa shape index (κ3) is 5.14. The number of anilines is 1. The maximum absolute atomic E-state index is 12.2. The summed E-state index contributed by atoms with van der Waals surface area (Å²) >= 11 is 0. The topological polar surface area (TPSA) is 59.6 Å². The first kappa shape index (κ1) is 18.6. The van der Waals surface area contributed by atoms with Crippen LogP contribution in [-0.2, 0) is 0 Å². The van der Waals surface area contributed by atoms with Gasteiger partial charge < -0.3 is 20.1 Å². The van der Waals surface area contributed by atoms with Gasteiger partial charge in [0.1, 0.15) is 18.1 Å². The number of amides is 2. The normalized spacial score (nSPS) is 11.6. The first-order chi connectivity index (χ1) is 11.9. The first-order valence-electron chi connectivity index (χ1n) is 8.32. The Kier molecular flexibility index (Phi) is 6.28. The van der Waals surface area contributed by atoms with E-state index in [2.05, 4.69) is 10.6 Å². The summed E-state index contributed by atoms with van der Waals surface area (Å²) in [6.07, 6.45) is 0. The van der Waals surface area contributed by atoms with Crippen molar-refractivity contribution >= 4 is 11.7 Å². The molecule has 0 saturated carbocycles. The van der Waals surface area contributed by atoms with Crippen molar-refractivity contribution in [3.05, 3.63) is 53.1 Å². The minimum Gasteiger partial charge on any atom is -0.497 e. The number of methoxy groups -OCH3 is 1. The lowest BCUT2D eigenvalue weighted by atomic mass is 10.1. The van der Waals surface area contributed by atoms with Crippen LogP contribution in [0.2, 0.25) is 0 Å². The first-order valence-corrected chi connectivity index (χ1v) is 8.32. The van der Waals surface area contributed by atoms with Crippen LogP contribution in [0.15, 0.2) is 36.4 Å². The van der Waals surface area contributed by atoms with Crippen LogP contribution in [0.1, 0.15) is 23.6 Å². The largest absolute Gasteiger partial charge is 0.497 e. The molecule has 0 heterocycles. The van der Waals surface area contributed by atoms with Crippen molar-refractivity contribution in [2.24, 2.45) is 0 Å².